The SMILES string of the molecule is NC1=NS(=O)(=O)c2cc(Br)ccc21. The lowest BCUT2D eigenvalue weighted by Crippen LogP contribution is -2.09. The van der Waals surface area contributed by atoms with Crippen LogP contribution in [0.4, 0.5) is 0 Å². The van der Waals surface area contributed by atoms with Gasteiger partial charge in [0, 0.05) is 10.0 Å². The Morgan fingerprint density at radius 1 is 1.38 bits per heavy atom. The van der Waals surface area contributed by atoms with Crippen LogP contribution in [0.2, 0.25) is 0 Å². The molecule has 0 fully saturated rings. The van der Waals surface area contributed by atoms with E-state index in [1.165, 1.54) is 6.07 Å². The third kappa shape index (κ3) is 1.26. The molecule has 1 heterocycles. The third-order valence-electron chi connectivity index (χ3n) is 1.72. The zero-order valence-electron chi connectivity index (χ0n) is 6.36. The molecule has 0 aliphatic carbocycles. The molecule has 0 unspecified atom stereocenters. The van der Waals surface area contributed by atoms with Crippen LogP contribution in [-0.2, 0) is 10.0 Å². The van der Waals surface area contributed by atoms with E-state index in [4.69, 9.17) is 5.73 Å². The van der Waals surface area contributed by atoms with Crippen molar-refractivity contribution in [2.75, 3.05) is 0 Å². The Morgan fingerprint density at radius 2 is 2.08 bits per heavy atom. The van der Waals surface area contributed by atoms with Crippen LogP contribution in [0.25, 0.3) is 0 Å². The second-order valence-electron chi connectivity index (χ2n) is 2.59. The molecule has 1 aromatic carbocycles. The summed E-state index contributed by atoms with van der Waals surface area (Å²) in [5.41, 5.74) is 5.90. The van der Waals surface area contributed by atoms with Gasteiger partial charge < -0.3 is 5.73 Å². The van der Waals surface area contributed by atoms with E-state index in [2.05, 4.69) is 20.3 Å². The van der Waals surface area contributed by atoms with E-state index in [1.807, 2.05) is 0 Å². The predicted octanol–water partition coefficient (Wildman–Crippen LogP) is 0.857. The molecule has 0 amide bonds. The fraction of sp³-hybridized carbons (Fsp3) is 0. The lowest BCUT2D eigenvalue weighted by molar-refractivity contribution is 0.599. The summed E-state index contributed by atoms with van der Waals surface area (Å²) < 4.78 is 26.7. The number of benzene rings is 1. The average molecular weight is 261 g/mol. The summed E-state index contributed by atoms with van der Waals surface area (Å²) in [5.74, 6) is 0.0579. The fourth-order valence-corrected chi connectivity index (χ4v) is 2.84. The van der Waals surface area contributed by atoms with Gasteiger partial charge in [-0.15, -0.1) is 4.40 Å². The van der Waals surface area contributed by atoms with Gasteiger partial charge in [0.2, 0.25) is 0 Å². The van der Waals surface area contributed by atoms with Crippen molar-refractivity contribution in [2.45, 2.75) is 4.90 Å². The number of nitrogens with two attached hydrogens (primary N) is 1. The van der Waals surface area contributed by atoms with Crippen molar-refractivity contribution < 1.29 is 8.42 Å². The van der Waals surface area contributed by atoms with Crippen molar-refractivity contribution in [3.05, 3.63) is 28.2 Å². The molecule has 13 heavy (non-hydrogen) atoms. The highest BCUT2D eigenvalue weighted by molar-refractivity contribution is 9.10. The normalized spacial score (nSPS) is 18.1. The van der Waals surface area contributed by atoms with E-state index in [1.54, 1.807) is 12.1 Å². The second kappa shape index (κ2) is 2.55. The Morgan fingerprint density at radius 3 is 2.77 bits per heavy atom. The Kier molecular flexibility index (Phi) is 1.71. The summed E-state index contributed by atoms with van der Waals surface area (Å²) in [6.07, 6.45) is 0. The van der Waals surface area contributed by atoms with Crippen molar-refractivity contribution >= 4 is 31.8 Å². The highest BCUT2D eigenvalue weighted by Crippen LogP contribution is 2.27. The number of halogens is 1. The lowest BCUT2D eigenvalue weighted by Gasteiger charge is -1.97. The van der Waals surface area contributed by atoms with E-state index >= 15 is 0 Å². The standard InChI is InChI=1S/C7H5BrN2O2S/c8-4-1-2-5-6(3-4)13(11,12)10-7(5)9/h1-3H,(H2,9,10). The van der Waals surface area contributed by atoms with Crippen LogP contribution in [0.15, 0.2) is 32.0 Å². The van der Waals surface area contributed by atoms with Crippen molar-refractivity contribution in [1.29, 1.82) is 0 Å². The van der Waals surface area contributed by atoms with Crippen LogP contribution < -0.4 is 5.73 Å². The number of rotatable bonds is 0. The Hall–Kier alpha value is -0.880. The summed E-state index contributed by atoms with van der Waals surface area (Å²) in [4.78, 5) is 0.166. The molecule has 68 valence electrons. The zero-order valence-corrected chi connectivity index (χ0v) is 8.76. The summed E-state index contributed by atoms with van der Waals surface area (Å²) in [5, 5.41) is 0. The molecule has 1 aliphatic heterocycles. The number of fused-ring (bicyclic) bond motifs is 1. The van der Waals surface area contributed by atoms with Crippen molar-refractivity contribution in [1.82, 2.24) is 0 Å². The lowest BCUT2D eigenvalue weighted by atomic mass is 10.2. The average Bonchev–Trinajstić information content (AvgIpc) is 2.23. The smallest absolute Gasteiger partial charge is 0.285 e. The Balaban J connectivity index is 2.83. The third-order valence-corrected chi connectivity index (χ3v) is 3.54. The molecule has 2 rings (SSSR count). The van der Waals surface area contributed by atoms with Gasteiger partial charge in [0.05, 0.1) is 0 Å². The number of hydrogen-bond acceptors (Lipinski definition) is 3. The largest absolute Gasteiger partial charge is 0.382 e. The monoisotopic (exact) mass is 260 g/mol. The van der Waals surface area contributed by atoms with Crippen molar-refractivity contribution in [2.24, 2.45) is 10.1 Å². The van der Waals surface area contributed by atoms with Gasteiger partial charge in [-0.25, -0.2) is 0 Å². The molecule has 0 bridgehead atoms. The van der Waals surface area contributed by atoms with Gasteiger partial charge >= 0.3 is 0 Å². The van der Waals surface area contributed by atoms with E-state index in [9.17, 15) is 8.42 Å². The first kappa shape index (κ1) is 8.71. The number of sulfonamides is 1. The Labute approximate surface area is 83.7 Å². The number of amidine groups is 1. The molecule has 6 heteroatoms. The summed E-state index contributed by atoms with van der Waals surface area (Å²) in [7, 11) is -3.54. The van der Waals surface area contributed by atoms with E-state index in [-0.39, 0.29) is 10.7 Å². The molecule has 0 saturated heterocycles. The first-order valence-corrected chi connectivity index (χ1v) is 5.64. The molecule has 4 nitrogen and oxygen atoms in total. The minimum absolute atomic E-state index is 0.0579. The highest BCUT2D eigenvalue weighted by Gasteiger charge is 2.26. The molecular formula is C7H5BrN2O2S. The van der Waals surface area contributed by atoms with Crippen molar-refractivity contribution in [3.8, 4) is 0 Å². The van der Waals surface area contributed by atoms with Gasteiger partial charge in [0.15, 0.2) is 0 Å². The van der Waals surface area contributed by atoms with Crippen molar-refractivity contribution in [3.63, 3.8) is 0 Å². The molecular weight excluding hydrogens is 256 g/mol. The maximum Gasteiger partial charge on any atom is 0.285 e. The quantitative estimate of drug-likeness (QED) is 0.752. The van der Waals surface area contributed by atoms with Crippen LogP contribution in [0, 0.1) is 0 Å². The van der Waals surface area contributed by atoms with Gasteiger partial charge in [-0.05, 0) is 18.2 Å². The highest BCUT2D eigenvalue weighted by atomic mass is 79.9. The maximum atomic E-state index is 11.3. The Bertz CT molecular complexity index is 507. The van der Waals surface area contributed by atoms with E-state index in [0.29, 0.717) is 10.0 Å². The van der Waals surface area contributed by atoms with Crippen LogP contribution in [0.1, 0.15) is 5.56 Å². The molecule has 1 aromatic rings. The first-order valence-electron chi connectivity index (χ1n) is 3.41. The van der Waals surface area contributed by atoms with Crippen LogP contribution in [-0.4, -0.2) is 14.3 Å². The number of hydrogen-bond donors (Lipinski definition) is 1. The second-order valence-corrected chi connectivity index (χ2v) is 5.08. The van der Waals surface area contributed by atoms with Gasteiger partial charge in [-0.1, -0.05) is 15.9 Å². The maximum absolute atomic E-state index is 11.3. The zero-order chi connectivity index (χ0) is 9.64. The molecule has 0 aromatic heterocycles. The number of nitrogens with zero attached hydrogens (tertiary/aromatic N) is 1. The minimum Gasteiger partial charge on any atom is -0.382 e. The van der Waals surface area contributed by atoms with Crippen LogP contribution in [0.5, 0.6) is 0 Å². The van der Waals surface area contributed by atoms with E-state index < -0.39 is 10.0 Å². The summed E-state index contributed by atoms with van der Waals surface area (Å²) in [6.45, 7) is 0. The molecule has 2 N–H and O–H groups in total. The molecule has 0 atom stereocenters. The van der Waals surface area contributed by atoms with Gasteiger partial charge in [-0.2, -0.15) is 8.42 Å². The molecule has 0 radical (unpaired) electrons. The van der Waals surface area contributed by atoms with E-state index in [0.717, 1.165) is 0 Å². The molecule has 0 saturated carbocycles. The molecule has 1 aliphatic rings. The molecule has 0 spiro atoms. The van der Waals surface area contributed by atoms with Crippen LogP contribution >= 0.6 is 15.9 Å². The summed E-state index contributed by atoms with van der Waals surface area (Å²) >= 11 is 3.18. The first-order chi connectivity index (χ1) is 6.00. The van der Waals surface area contributed by atoms with Crippen LogP contribution in [0.3, 0.4) is 0 Å². The minimum atomic E-state index is -3.54. The fourth-order valence-electron chi connectivity index (χ4n) is 1.15. The topological polar surface area (TPSA) is 72.5 Å². The predicted molar refractivity (Wildman–Crippen MR) is 52.1 cm³/mol. The van der Waals surface area contributed by atoms with Gasteiger partial charge in [0.25, 0.3) is 10.0 Å². The summed E-state index contributed by atoms with van der Waals surface area (Å²) in [6, 6.07) is 4.85. The van der Waals surface area contributed by atoms with Gasteiger partial charge in [-0.3, -0.25) is 0 Å². The van der Waals surface area contributed by atoms with Gasteiger partial charge in [0.1, 0.15) is 10.7 Å².